The topological polar surface area (TPSA) is 62.3 Å². The van der Waals surface area contributed by atoms with Crippen molar-refractivity contribution in [2.24, 2.45) is 0 Å². The van der Waals surface area contributed by atoms with Crippen LogP contribution in [0.5, 0.6) is 0 Å². The Morgan fingerprint density at radius 3 is 2.48 bits per heavy atom. The molecule has 6 heteroatoms. The first-order chi connectivity index (χ1) is 12.1. The monoisotopic (exact) mass is 341 g/mol. The lowest BCUT2D eigenvalue weighted by Crippen LogP contribution is -2.47. The highest BCUT2D eigenvalue weighted by atomic mass is 19.1. The van der Waals surface area contributed by atoms with Crippen LogP contribution in [-0.2, 0) is 11.2 Å². The number of pyridine rings is 1. The summed E-state index contributed by atoms with van der Waals surface area (Å²) in [4.78, 5) is 30.1. The Bertz CT molecular complexity index is 743. The Hall–Kier alpha value is -2.76. The molecule has 1 aromatic carbocycles. The summed E-state index contributed by atoms with van der Waals surface area (Å²) in [5, 5.41) is 2.99. The Balaban J connectivity index is 1.49. The predicted octanol–water partition coefficient (Wildman–Crippen LogP) is 2.18. The predicted molar refractivity (Wildman–Crippen MR) is 91.4 cm³/mol. The van der Waals surface area contributed by atoms with Gasteiger partial charge >= 0.3 is 0 Å². The first kappa shape index (κ1) is 17.1. The van der Waals surface area contributed by atoms with Crippen LogP contribution in [-0.4, -0.2) is 40.8 Å². The largest absolute Gasteiger partial charge is 0.349 e. The van der Waals surface area contributed by atoms with Gasteiger partial charge in [-0.3, -0.25) is 14.6 Å². The van der Waals surface area contributed by atoms with Crippen LogP contribution in [0.2, 0.25) is 0 Å². The zero-order chi connectivity index (χ0) is 17.6. The SMILES string of the molecule is O=C(NC1CCN(C(=O)Cc2ccccc2F)CC1)c1ccncc1. The highest BCUT2D eigenvalue weighted by molar-refractivity contribution is 5.94. The Morgan fingerprint density at radius 2 is 1.80 bits per heavy atom. The van der Waals surface area contributed by atoms with Crippen LogP contribution in [0, 0.1) is 5.82 Å². The van der Waals surface area contributed by atoms with Crippen LogP contribution in [0.3, 0.4) is 0 Å². The van der Waals surface area contributed by atoms with E-state index < -0.39 is 0 Å². The lowest BCUT2D eigenvalue weighted by Gasteiger charge is -2.32. The third kappa shape index (κ3) is 4.41. The zero-order valence-electron chi connectivity index (χ0n) is 13.8. The van der Waals surface area contributed by atoms with E-state index in [1.54, 1.807) is 47.6 Å². The van der Waals surface area contributed by atoms with Gasteiger partial charge in [0.25, 0.3) is 5.91 Å². The molecule has 3 rings (SSSR count). The van der Waals surface area contributed by atoms with E-state index in [0.29, 0.717) is 37.1 Å². The highest BCUT2D eigenvalue weighted by Gasteiger charge is 2.24. The van der Waals surface area contributed by atoms with Gasteiger partial charge in [-0.2, -0.15) is 0 Å². The standard InChI is InChI=1S/C19H20FN3O2/c20-17-4-2-1-3-15(17)13-18(24)23-11-7-16(8-12-23)22-19(25)14-5-9-21-10-6-14/h1-6,9-10,16H,7-8,11-13H2,(H,22,25). The minimum atomic E-state index is -0.352. The lowest BCUT2D eigenvalue weighted by molar-refractivity contribution is -0.131. The average Bonchev–Trinajstić information content (AvgIpc) is 2.65. The number of piperidine rings is 1. The number of hydrogen-bond acceptors (Lipinski definition) is 3. The number of aromatic nitrogens is 1. The summed E-state index contributed by atoms with van der Waals surface area (Å²) in [7, 11) is 0. The number of benzene rings is 1. The molecule has 1 aromatic heterocycles. The summed E-state index contributed by atoms with van der Waals surface area (Å²) in [6, 6.07) is 9.72. The maximum Gasteiger partial charge on any atom is 0.251 e. The summed E-state index contributed by atoms with van der Waals surface area (Å²) < 4.78 is 13.7. The Kier molecular flexibility index (Phi) is 5.38. The Labute approximate surface area is 145 Å². The third-order valence-electron chi connectivity index (χ3n) is 4.42. The minimum absolute atomic E-state index is 0.0400. The molecular weight excluding hydrogens is 321 g/mol. The summed E-state index contributed by atoms with van der Waals surface area (Å²) in [6.45, 7) is 1.13. The molecule has 5 nitrogen and oxygen atoms in total. The van der Waals surface area contributed by atoms with E-state index in [9.17, 15) is 14.0 Å². The average molecular weight is 341 g/mol. The van der Waals surface area contributed by atoms with Gasteiger partial charge in [-0.05, 0) is 36.6 Å². The molecule has 2 heterocycles. The highest BCUT2D eigenvalue weighted by Crippen LogP contribution is 2.14. The van der Waals surface area contributed by atoms with Crippen molar-refractivity contribution in [2.45, 2.75) is 25.3 Å². The van der Waals surface area contributed by atoms with Crippen LogP contribution in [0.1, 0.15) is 28.8 Å². The maximum atomic E-state index is 13.7. The van der Waals surface area contributed by atoms with E-state index in [1.807, 2.05) is 0 Å². The Morgan fingerprint density at radius 1 is 1.12 bits per heavy atom. The molecule has 0 atom stereocenters. The molecular formula is C19H20FN3O2. The van der Waals surface area contributed by atoms with E-state index in [1.165, 1.54) is 6.07 Å². The molecule has 0 radical (unpaired) electrons. The minimum Gasteiger partial charge on any atom is -0.349 e. The fourth-order valence-electron chi connectivity index (χ4n) is 2.96. The number of nitrogens with one attached hydrogen (secondary N) is 1. The number of carbonyl (C=O) groups is 2. The van der Waals surface area contributed by atoms with Crippen molar-refractivity contribution in [1.82, 2.24) is 15.2 Å². The van der Waals surface area contributed by atoms with Crippen molar-refractivity contribution in [3.63, 3.8) is 0 Å². The van der Waals surface area contributed by atoms with Crippen molar-refractivity contribution < 1.29 is 14.0 Å². The van der Waals surface area contributed by atoms with Gasteiger partial charge < -0.3 is 10.2 Å². The summed E-state index contributed by atoms with van der Waals surface area (Å²) in [5.74, 6) is -0.558. The fraction of sp³-hybridized carbons (Fsp3) is 0.316. The van der Waals surface area contributed by atoms with E-state index in [-0.39, 0.29) is 30.1 Å². The smallest absolute Gasteiger partial charge is 0.251 e. The fourth-order valence-corrected chi connectivity index (χ4v) is 2.96. The quantitative estimate of drug-likeness (QED) is 0.927. The van der Waals surface area contributed by atoms with Crippen molar-refractivity contribution in [3.8, 4) is 0 Å². The first-order valence-corrected chi connectivity index (χ1v) is 8.35. The molecule has 1 aliphatic rings. The third-order valence-corrected chi connectivity index (χ3v) is 4.42. The molecule has 2 amide bonds. The number of likely N-dealkylation sites (tertiary alicyclic amines) is 1. The van der Waals surface area contributed by atoms with Crippen molar-refractivity contribution >= 4 is 11.8 Å². The number of amides is 2. The van der Waals surface area contributed by atoms with Crippen LogP contribution < -0.4 is 5.32 Å². The zero-order valence-corrected chi connectivity index (χ0v) is 13.8. The van der Waals surface area contributed by atoms with Crippen LogP contribution >= 0.6 is 0 Å². The molecule has 0 saturated carbocycles. The molecule has 0 spiro atoms. The normalized spacial score (nSPS) is 15.0. The van der Waals surface area contributed by atoms with E-state index in [4.69, 9.17) is 0 Å². The molecule has 1 aliphatic heterocycles. The molecule has 0 bridgehead atoms. The van der Waals surface area contributed by atoms with Crippen LogP contribution in [0.25, 0.3) is 0 Å². The second-order valence-corrected chi connectivity index (χ2v) is 6.13. The van der Waals surface area contributed by atoms with Gasteiger partial charge in [0, 0.05) is 37.1 Å². The molecule has 1 fully saturated rings. The van der Waals surface area contributed by atoms with Crippen molar-refractivity contribution in [2.75, 3.05) is 13.1 Å². The van der Waals surface area contributed by atoms with Crippen LogP contribution in [0.15, 0.2) is 48.8 Å². The maximum absolute atomic E-state index is 13.7. The number of rotatable bonds is 4. The van der Waals surface area contributed by atoms with Gasteiger partial charge in [0.05, 0.1) is 6.42 Å². The summed E-state index contributed by atoms with van der Waals surface area (Å²) in [6.07, 6.45) is 4.62. The lowest BCUT2D eigenvalue weighted by atomic mass is 10.0. The molecule has 1 N–H and O–H groups in total. The van der Waals surface area contributed by atoms with Gasteiger partial charge in [0.1, 0.15) is 5.82 Å². The van der Waals surface area contributed by atoms with Gasteiger partial charge in [-0.1, -0.05) is 18.2 Å². The van der Waals surface area contributed by atoms with Crippen molar-refractivity contribution in [3.05, 3.63) is 65.7 Å². The first-order valence-electron chi connectivity index (χ1n) is 8.35. The molecule has 130 valence electrons. The van der Waals surface area contributed by atoms with Crippen LogP contribution in [0.4, 0.5) is 4.39 Å². The van der Waals surface area contributed by atoms with E-state index >= 15 is 0 Å². The second kappa shape index (κ2) is 7.88. The number of hydrogen-bond donors (Lipinski definition) is 1. The molecule has 1 saturated heterocycles. The van der Waals surface area contributed by atoms with Gasteiger partial charge in [0.15, 0.2) is 0 Å². The summed E-state index contributed by atoms with van der Waals surface area (Å²) in [5.41, 5.74) is 0.994. The van der Waals surface area contributed by atoms with E-state index in [0.717, 1.165) is 0 Å². The van der Waals surface area contributed by atoms with Gasteiger partial charge in [-0.15, -0.1) is 0 Å². The van der Waals surface area contributed by atoms with E-state index in [2.05, 4.69) is 10.3 Å². The number of carbonyl (C=O) groups excluding carboxylic acids is 2. The number of nitrogens with zero attached hydrogens (tertiary/aromatic N) is 2. The summed E-state index contributed by atoms with van der Waals surface area (Å²) >= 11 is 0. The molecule has 25 heavy (non-hydrogen) atoms. The number of halogens is 1. The van der Waals surface area contributed by atoms with Gasteiger partial charge in [0.2, 0.25) is 5.91 Å². The molecule has 0 unspecified atom stereocenters. The van der Waals surface area contributed by atoms with Gasteiger partial charge in [-0.25, -0.2) is 4.39 Å². The molecule has 0 aliphatic carbocycles. The van der Waals surface area contributed by atoms with Crippen molar-refractivity contribution in [1.29, 1.82) is 0 Å². The molecule has 2 aromatic rings. The second-order valence-electron chi connectivity index (χ2n) is 6.13.